The number of aliphatic imine (C=N–C) groups is 1. The third-order valence-corrected chi connectivity index (χ3v) is 4.94. The fraction of sp³-hybridized carbons (Fsp3) is 0.167. The second-order valence-corrected chi connectivity index (χ2v) is 6.77. The van der Waals surface area contributed by atoms with E-state index in [0.717, 1.165) is 16.7 Å². The Labute approximate surface area is 164 Å². The average molecular weight is 371 g/mol. The summed E-state index contributed by atoms with van der Waals surface area (Å²) < 4.78 is 11.5. The van der Waals surface area contributed by atoms with Gasteiger partial charge in [0.1, 0.15) is 0 Å². The molecule has 0 spiro atoms. The number of benzene rings is 3. The lowest BCUT2D eigenvalue weighted by atomic mass is 9.83. The first kappa shape index (κ1) is 18.0. The molecule has 140 valence electrons. The van der Waals surface area contributed by atoms with Crippen molar-refractivity contribution in [1.82, 2.24) is 0 Å². The Bertz CT molecular complexity index is 971. The molecule has 0 saturated carbocycles. The molecule has 4 rings (SSSR count). The van der Waals surface area contributed by atoms with E-state index in [4.69, 9.17) is 14.5 Å². The highest BCUT2D eigenvalue weighted by atomic mass is 16.5. The van der Waals surface area contributed by atoms with Gasteiger partial charge in [0.25, 0.3) is 0 Å². The summed E-state index contributed by atoms with van der Waals surface area (Å²) in [4.78, 5) is 17.9. The summed E-state index contributed by atoms with van der Waals surface area (Å²) in [5.74, 6) is 0.0481. The normalized spacial score (nSPS) is 20.9. The first-order valence-electron chi connectivity index (χ1n) is 9.22. The summed E-state index contributed by atoms with van der Waals surface area (Å²) in [7, 11) is 1.40. The Morgan fingerprint density at radius 3 is 2.11 bits per heavy atom. The minimum Gasteiger partial charge on any atom is -0.467 e. The van der Waals surface area contributed by atoms with Crippen LogP contribution in [0, 0.1) is 0 Å². The Morgan fingerprint density at radius 1 is 0.929 bits per heavy atom. The third kappa shape index (κ3) is 3.29. The highest BCUT2D eigenvalue weighted by molar-refractivity contribution is 5.99. The number of rotatable bonds is 5. The minimum absolute atomic E-state index is 0.385. The van der Waals surface area contributed by atoms with Crippen molar-refractivity contribution in [3.05, 3.63) is 108 Å². The zero-order valence-corrected chi connectivity index (χ0v) is 15.6. The number of carbonyl (C=O) groups is 1. The smallest absolute Gasteiger partial charge is 0.338 e. The monoisotopic (exact) mass is 371 g/mol. The Kier molecular flexibility index (Phi) is 4.94. The highest BCUT2D eigenvalue weighted by Crippen LogP contribution is 2.42. The van der Waals surface area contributed by atoms with Gasteiger partial charge in [-0.05, 0) is 23.3 Å². The second kappa shape index (κ2) is 7.69. The van der Waals surface area contributed by atoms with Crippen LogP contribution >= 0.6 is 0 Å². The molecule has 0 saturated heterocycles. The van der Waals surface area contributed by atoms with Crippen molar-refractivity contribution in [1.29, 1.82) is 0 Å². The molecule has 0 unspecified atom stereocenters. The molecule has 2 atom stereocenters. The zero-order valence-electron chi connectivity index (χ0n) is 15.6. The summed E-state index contributed by atoms with van der Waals surface area (Å²) in [6, 6.07) is 29.2. The molecule has 3 aromatic carbocycles. The van der Waals surface area contributed by atoms with Gasteiger partial charge in [-0.1, -0.05) is 78.9 Å². The SMILES string of the molecule is COC(=O)[C@]1(Cc2ccccc2)N=C(c2ccccc2)O[C@H]1c1ccccc1. The van der Waals surface area contributed by atoms with Crippen LogP contribution in [0.5, 0.6) is 0 Å². The molecule has 0 N–H and O–H groups in total. The van der Waals surface area contributed by atoms with Gasteiger partial charge in [0, 0.05) is 12.0 Å². The van der Waals surface area contributed by atoms with E-state index in [0.29, 0.717) is 12.3 Å². The van der Waals surface area contributed by atoms with Crippen molar-refractivity contribution in [3.8, 4) is 0 Å². The van der Waals surface area contributed by atoms with Crippen molar-refractivity contribution in [2.24, 2.45) is 4.99 Å². The molecule has 28 heavy (non-hydrogen) atoms. The van der Waals surface area contributed by atoms with Crippen molar-refractivity contribution >= 4 is 11.9 Å². The van der Waals surface area contributed by atoms with Gasteiger partial charge < -0.3 is 9.47 Å². The molecule has 4 heteroatoms. The first-order chi connectivity index (χ1) is 13.7. The first-order valence-corrected chi connectivity index (χ1v) is 9.22. The third-order valence-electron chi connectivity index (χ3n) is 4.94. The number of hydrogen-bond donors (Lipinski definition) is 0. The van der Waals surface area contributed by atoms with Gasteiger partial charge in [-0.3, -0.25) is 0 Å². The van der Waals surface area contributed by atoms with Crippen LogP contribution in [0.15, 0.2) is 96.0 Å². The van der Waals surface area contributed by atoms with Crippen LogP contribution in [0.1, 0.15) is 22.8 Å². The molecule has 4 nitrogen and oxygen atoms in total. The van der Waals surface area contributed by atoms with Gasteiger partial charge in [-0.2, -0.15) is 0 Å². The van der Waals surface area contributed by atoms with Crippen LogP contribution in [0.2, 0.25) is 0 Å². The Morgan fingerprint density at radius 2 is 1.50 bits per heavy atom. The lowest BCUT2D eigenvalue weighted by molar-refractivity contribution is -0.149. The molecule has 0 fully saturated rings. The van der Waals surface area contributed by atoms with Crippen molar-refractivity contribution in [2.45, 2.75) is 18.1 Å². The number of hydrogen-bond acceptors (Lipinski definition) is 4. The molecular weight excluding hydrogens is 350 g/mol. The highest BCUT2D eigenvalue weighted by Gasteiger charge is 2.54. The van der Waals surface area contributed by atoms with Crippen molar-refractivity contribution < 1.29 is 14.3 Å². The van der Waals surface area contributed by atoms with E-state index in [-0.39, 0.29) is 0 Å². The van der Waals surface area contributed by atoms with Gasteiger partial charge in [-0.15, -0.1) is 0 Å². The number of esters is 1. The second-order valence-electron chi connectivity index (χ2n) is 6.77. The van der Waals surface area contributed by atoms with E-state index in [1.54, 1.807) is 0 Å². The zero-order chi connectivity index (χ0) is 19.4. The maximum Gasteiger partial charge on any atom is 0.338 e. The summed E-state index contributed by atoms with van der Waals surface area (Å²) in [5, 5.41) is 0. The van der Waals surface area contributed by atoms with E-state index >= 15 is 0 Å². The largest absolute Gasteiger partial charge is 0.467 e. The Hall–Kier alpha value is -3.40. The van der Waals surface area contributed by atoms with Gasteiger partial charge in [-0.25, -0.2) is 9.79 Å². The van der Waals surface area contributed by atoms with Gasteiger partial charge in [0.2, 0.25) is 11.4 Å². The number of carbonyl (C=O) groups excluding carboxylic acids is 1. The molecular formula is C24H21NO3. The van der Waals surface area contributed by atoms with Crippen LogP contribution in [0.3, 0.4) is 0 Å². The van der Waals surface area contributed by atoms with Crippen molar-refractivity contribution in [3.63, 3.8) is 0 Å². The summed E-state index contributed by atoms with van der Waals surface area (Å²) in [6.45, 7) is 0. The van der Waals surface area contributed by atoms with Crippen LogP contribution in [0.25, 0.3) is 0 Å². The van der Waals surface area contributed by atoms with Crippen LogP contribution in [0.4, 0.5) is 0 Å². The lowest BCUT2D eigenvalue weighted by Gasteiger charge is -2.29. The minimum atomic E-state index is -1.19. The molecule has 0 aromatic heterocycles. The van der Waals surface area contributed by atoms with Gasteiger partial charge >= 0.3 is 5.97 Å². The van der Waals surface area contributed by atoms with E-state index < -0.39 is 17.6 Å². The fourth-order valence-corrected chi connectivity index (χ4v) is 3.60. The average Bonchev–Trinajstić information content (AvgIpc) is 3.15. The Balaban J connectivity index is 1.85. The molecule has 0 aliphatic carbocycles. The van der Waals surface area contributed by atoms with Crippen LogP contribution in [-0.2, 0) is 20.7 Å². The molecule has 1 aliphatic rings. The molecule has 1 heterocycles. The van der Waals surface area contributed by atoms with Crippen LogP contribution < -0.4 is 0 Å². The summed E-state index contributed by atoms with van der Waals surface area (Å²) in [5.41, 5.74) is 1.53. The fourth-order valence-electron chi connectivity index (χ4n) is 3.60. The predicted octanol–water partition coefficient (Wildman–Crippen LogP) is 4.36. The number of methoxy groups -OCH3 is 1. The molecule has 0 amide bonds. The summed E-state index contributed by atoms with van der Waals surface area (Å²) >= 11 is 0. The topological polar surface area (TPSA) is 47.9 Å². The molecule has 0 radical (unpaired) electrons. The molecule has 1 aliphatic heterocycles. The standard InChI is InChI=1S/C24H21NO3/c1-27-23(26)24(17-18-11-5-2-6-12-18)21(19-13-7-3-8-14-19)28-22(25-24)20-15-9-4-10-16-20/h2-16,21H,17H2,1H3/t21-,24+/m0/s1. The van der Waals surface area contributed by atoms with Gasteiger partial charge in [0.05, 0.1) is 7.11 Å². The lowest BCUT2D eigenvalue weighted by Crippen LogP contribution is -2.44. The van der Waals surface area contributed by atoms with E-state index in [1.807, 2.05) is 91.0 Å². The quantitative estimate of drug-likeness (QED) is 0.626. The molecule has 0 bridgehead atoms. The van der Waals surface area contributed by atoms with E-state index in [1.165, 1.54) is 7.11 Å². The van der Waals surface area contributed by atoms with Gasteiger partial charge in [0.15, 0.2) is 6.10 Å². The predicted molar refractivity (Wildman–Crippen MR) is 108 cm³/mol. The van der Waals surface area contributed by atoms with E-state index in [9.17, 15) is 4.79 Å². The number of ether oxygens (including phenoxy) is 2. The maximum absolute atomic E-state index is 13.1. The maximum atomic E-state index is 13.1. The van der Waals surface area contributed by atoms with Crippen molar-refractivity contribution in [2.75, 3.05) is 7.11 Å². The molecule has 3 aromatic rings. The summed E-state index contributed by atoms with van der Waals surface area (Å²) in [6.07, 6.45) is -0.187. The number of nitrogens with zero attached hydrogens (tertiary/aromatic N) is 1. The van der Waals surface area contributed by atoms with E-state index in [2.05, 4.69) is 0 Å². The van der Waals surface area contributed by atoms with Crippen LogP contribution in [-0.4, -0.2) is 24.5 Å².